The Morgan fingerprint density at radius 3 is 2.67 bits per heavy atom. The van der Waals surface area contributed by atoms with E-state index in [1.54, 1.807) is 6.08 Å². The number of carbonyl (C=O) groups is 2. The van der Waals surface area contributed by atoms with E-state index in [9.17, 15) is 14.0 Å². The number of halogens is 3. The minimum atomic E-state index is -0.466. The van der Waals surface area contributed by atoms with Crippen LogP contribution in [0.15, 0.2) is 51.8 Å². The number of thioether (sulfide) groups is 1. The van der Waals surface area contributed by atoms with Gasteiger partial charge in [-0.1, -0.05) is 51.8 Å². The van der Waals surface area contributed by atoms with E-state index in [4.69, 9.17) is 11.6 Å². The summed E-state index contributed by atoms with van der Waals surface area (Å²) in [7, 11) is 0. The van der Waals surface area contributed by atoms with Crippen molar-refractivity contribution in [2.24, 2.45) is 0 Å². The summed E-state index contributed by atoms with van der Waals surface area (Å²) in [5.41, 5.74) is 1.32. The Balaban J connectivity index is 1.85. The highest BCUT2D eigenvalue weighted by Gasteiger charge is 2.35. The molecule has 3 rings (SSSR count). The van der Waals surface area contributed by atoms with Crippen LogP contribution in [0.3, 0.4) is 0 Å². The van der Waals surface area contributed by atoms with Crippen molar-refractivity contribution >= 4 is 56.5 Å². The first kappa shape index (κ1) is 17.2. The van der Waals surface area contributed by atoms with Gasteiger partial charge in [0.2, 0.25) is 0 Å². The fraction of sp³-hybridized carbons (Fsp3) is 0.0588. The van der Waals surface area contributed by atoms with Crippen molar-refractivity contribution in [2.75, 3.05) is 0 Å². The van der Waals surface area contributed by atoms with Crippen molar-refractivity contribution in [3.05, 3.63) is 73.8 Å². The Morgan fingerprint density at radius 1 is 1.21 bits per heavy atom. The fourth-order valence-corrected chi connectivity index (χ4v) is 3.65. The van der Waals surface area contributed by atoms with Gasteiger partial charge in [-0.05, 0) is 47.2 Å². The van der Waals surface area contributed by atoms with Crippen molar-refractivity contribution in [3.8, 4) is 0 Å². The quantitative estimate of drug-likeness (QED) is 0.610. The SMILES string of the molecule is O=C1S/C(=C\c2ccccc2Br)C(=O)N1Cc1ccc(F)cc1Cl. The molecule has 0 bridgehead atoms. The maximum Gasteiger partial charge on any atom is 0.293 e. The van der Waals surface area contributed by atoms with E-state index < -0.39 is 5.82 Å². The van der Waals surface area contributed by atoms with Crippen LogP contribution in [0.25, 0.3) is 6.08 Å². The van der Waals surface area contributed by atoms with E-state index in [-0.39, 0.29) is 22.7 Å². The van der Waals surface area contributed by atoms with Gasteiger partial charge in [0, 0.05) is 9.50 Å². The maximum atomic E-state index is 13.1. The molecule has 7 heteroatoms. The lowest BCUT2D eigenvalue weighted by molar-refractivity contribution is -0.123. The first-order chi connectivity index (χ1) is 11.5. The average molecular weight is 427 g/mol. The molecule has 0 N–H and O–H groups in total. The van der Waals surface area contributed by atoms with Gasteiger partial charge in [-0.2, -0.15) is 0 Å². The number of hydrogen-bond acceptors (Lipinski definition) is 3. The van der Waals surface area contributed by atoms with E-state index in [2.05, 4.69) is 15.9 Å². The third-order valence-electron chi connectivity index (χ3n) is 3.41. The molecule has 0 unspecified atom stereocenters. The van der Waals surface area contributed by atoms with Crippen LogP contribution in [0.2, 0.25) is 5.02 Å². The van der Waals surface area contributed by atoms with Gasteiger partial charge in [0.15, 0.2) is 0 Å². The molecule has 3 nitrogen and oxygen atoms in total. The van der Waals surface area contributed by atoms with Crippen molar-refractivity contribution in [1.82, 2.24) is 4.90 Å². The van der Waals surface area contributed by atoms with Gasteiger partial charge in [0.25, 0.3) is 11.1 Å². The van der Waals surface area contributed by atoms with Gasteiger partial charge in [-0.15, -0.1) is 0 Å². The number of nitrogens with zero attached hydrogens (tertiary/aromatic N) is 1. The molecule has 2 aromatic rings. The summed E-state index contributed by atoms with van der Waals surface area (Å²) in [4.78, 5) is 26.1. The van der Waals surface area contributed by atoms with E-state index in [1.807, 2.05) is 24.3 Å². The third-order valence-corrected chi connectivity index (χ3v) is 5.39. The highest BCUT2D eigenvalue weighted by molar-refractivity contribution is 9.10. The number of benzene rings is 2. The fourth-order valence-electron chi connectivity index (χ4n) is 2.19. The zero-order valence-electron chi connectivity index (χ0n) is 12.1. The van der Waals surface area contributed by atoms with Gasteiger partial charge in [-0.25, -0.2) is 4.39 Å². The van der Waals surface area contributed by atoms with E-state index in [0.29, 0.717) is 10.5 Å². The summed E-state index contributed by atoms with van der Waals surface area (Å²) in [6.07, 6.45) is 1.67. The lowest BCUT2D eigenvalue weighted by atomic mass is 10.2. The summed E-state index contributed by atoms with van der Waals surface area (Å²) >= 11 is 10.3. The van der Waals surface area contributed by atoms with Crippen LogP contribution in [0.1, 0.15) is 11.1 Å². The van der Waals surface area contributed by atoms with Crippen LogP contribution in [-0.2, 0) is 11.3 Å². The van der Waals surface area contributed by atoms with E-state index in [0.717, 1.165) is 32.8 Å². The van der Waals surface area contributed by atoms with Crippen LogP contribution in [0.4, 0.5) is 9.18 Å². The van der Waals surface area contributed by atoms with Gasteiger partial charge < -0.3 is 0 Å². The van der Waals surface area contributed by atoms with Gasteiger partial charge >= 0.3 is 0 Å². The van der Waals surface area contributed by atoms with Gasteiger partial charge in [0.1, 0.15) is 5.82 Å². The molecule has 1 aliphatic rings. The molecule has 2 amide bonds. The van der Waals surface area contributed by atoms with Crippen molar-refractivity contribution < 1.29 is 14.0 Å². The normalized spacial score (nSPS) is 16.3. The lowest BCUT2D eigenvalue weighted by Crippen LogP contribution is -2.27. The second-order valence-electron chi connectivity index (χ2n) is 5.03. The molecule has 0 atom stereocenters. The molecular weight excluding hydrogens is 417 g/mol. The zero-order valence-corrected chi connectivity index (χ0v) is 15.3. The molecule has 0 radical (unpaired) electrons. The number of hydrogen-bond donors (Lipinski definition) is 0. The van der Waals surface area contributed by atoms with Gasteiger partial charge in [0.05, 0.1) is 11.4 Å². The molecule has 1 heterocycles. The molecular formula is C17H10BrClFNO2S. The van der Waals surface area contributed by atoms with Crippen molar-refractivity contribution in [1.29, 1.82) is 0 Å². The summed E-state index contributed by atoms with van der Waals surface area (Å²) in [6, 6.07) is 11.3. The predicted molar refractivity (Wildman–Crippen MR) is 97.1 cm³/mol. The van der Waals surface area contributed by atoms with Crippen LogP contribution < -0.4 is 0 Å². The minimum Gasteiger partial charge on any atom is -0.268 e. The molecule has 0 spiro atoms. The van der Waals surface area contributed by atoms with Crippen LogP contribution >= 0.6 is 39.3 Å². The average Bonchev–Trinajstić information content (AvgIpc) is 2.79. The summed E-state index contributed by atoms with van der Waals surface area (Å²) < 4.78 is 13.9. The Labute approximate surface area is 155 Å². The molecule has 0 aromatic heterocycles. The lowest BCUT2D eigenvalue weighted by Gasteiger charge is -2.13. The Morgan fingerprint density at radius 2 is 1.96 bits per heavy atom. The van der Waals surface area contributed by atoms with Crippen LogP contribution in [0, 0.1) is 5.82 Å². The maximum absolute atomic E-state index is 13.1. The van der Waals surface area contributed by atoms with Crippen LogP contribution in [-0.4, -0.2) is 16.0 Å². The monoisotopic (exact) mass is 425 g/mol. The summed E-state index contributed by atoms with van der Waals surface area (Å²) in [5.74, 6) is -0.854. The smallest absolute Gasteiger partial charge is 0.268 e. The Hall–Kier alpha value is -1.63. The molecule has 2 aromatic carbocycles. The van der Waals surface area contributed by atoms with E-state index in [1.165, 1.54) is 12.1 Å². The number of amides is 2. The summed E-state index contributed by atoms with van der Waals surface area (Å²) in [6.45, 7) is 0.0110. The Bertz CT molecular complexity index is 871. The minimum absolute atomic E-state index is 0.0110. The molecule has 0 saturated carbocycles. The van der Waals surface area contributed by atoms with Crippen molar-refractivity contribution in [3.63, 3.8) is 0 Å². The van der Waals surface area contributed by atoms with Gasteiger partial charge in [-0.3, -0.25) is 14.5 Å². The first-order valence-electron chi connectivity index (χ1n) is 6.89. The second-order valence-corrected chi connectivity index (χ2v) is 7.28. The predicted octanol–water partition coefficient (Wildman–Crippen LogP) is 5.48. The second kappa shape index (κ2) is 7.09. The number of rotatable bonds is 3. The first-order valence-corrected chi connectivity index (χ1v) is 8.88. The number of imide groups is 1. The summed E-state index contributed by atoms with van der Waals surface area (Å²) in [5, 5.41) is -0.192. The largest absolute Gasteiger partial charge is 0.293 e. The standard InChI is InChI=1S/C17H10BrClFNO2S/c18-13-4-2-1-3-10(13)7-15-16(22)21(17(23)24-15)9-11-5-6-12(20)8-14(11)19/h1-8H,9H2/b15-7-. The highest BCUT2D eigenvalue weighted by Crippen LogP contribution is 2.35. The van der Waals surface area contributed by atoms with Crippen LogP contribution in [0.5, 0.6) is 0 Å². The number of carbonyl (C=O) groups excluding carboxylic acids is 2. The molecule has 1 fully saturated rings. The molecule has 1 saturated heterocycles. The molecule has 1 aliphatic heterocycles. The molecule has 24 heavy (non-hydrogen) atoms. The van der Waals surface area contributed by atoms with E-state index >= 15 is 0 Å². The topological polar surface area (TPSA) is 37.4 Å². The highest BCUT2D eigenvalue weighted by atomic mass is 79.9. The molecule has 0 aliphatic carbocycles. The third kappa shape index (κ3) is 3.55. The zero-order chi connectivity index (χ0) is 17.3. The van der Waals surface area contributed by atoms with Crippen molar-refractivity contribution in [2.45, 2.75) is 6.54 Å². The Kier molecular flexibility index (Phi) is 5.08. The molecule has 122 valence electrons.